The molecule has 0 N–H and O–H groups in total. The number of aromatic nitrogens is 1. The smallest absolute Gasteiger partial charge is 0.267 e. The number of aryl methyl sites for hydroxylation is 1. The van der Waals surface area contributed by atoms with Gasteiger partial charge in [-0.3, -0.25) is 9.36 Å². The van der Waals surface area contributed by atoms with Gasteiger partial charge in [0.15, 0.2) is 5.57 Å². The van der Waals surface area contributed by atoms with Crippen molar-refractivity contribution in [1.82, 2.24) is 4.57 Å². The van der Waals surface area contributed by atoms with Gasteiger partial charge in [-0.25, -0.2) is 0 Å². The summed E-state index contributed by atoms with van der Waals surface area (Å²) in [5.41, 5.74) is 2.11. The monoisotopic (exact) mass is 391 g/mol. The molecule has 1 heterocycles. The third-order valence-corrected chi connectivity index (χ3v) is 5.31. The van der Waals surface area contributed by atoms with Crippen molar-refractivity contribution < 1.29 is 0 Å². The van der Waals surface area contributed by atoms with E-state index < -0.39 is 0 Å². The van der Waals surface area contributed by atoms with Crippen LogP contribution < -0.4 is 14.8 Å². The summed E-state index contributed by atoms with van der Waals surface area (Å²) in [7, 11) is 0. The average molecular weight is 392 g/mol. The molecule has 0 aliphatic carbocycles. The van der Waals surface area contributed by atoms with Crippen LogP contribution in [0.25, 0.3) is 17.3 Å². The molecule has 0 saturated carbocycles. The second kappa shape index (κ2) is 8.05. The number of benzene rings is 2. The SMILES string of the molecule is CCc1cccc(-n2c(=C(C#N)C#N)s/c(=C/c3cccc(Cl)c3)c2=O)c1. The fraction of sp³-hybridized carbons (Fsp3) is 0.0952. The van der Waals surface area contributed by atoms with Crippen LogP contribution in [0.4, 0.5) is 0 Å². The van der Waals surface area contributed by atoms with Crippen LogP contribution in [0.1, 0.15) is 18.1 Å². The highest BCUT2D eigenvalue weighted by atomic mass is 35.5. The fourth-order valence-electron chi connectivity index (χ4n) is 2.67. The molecule has 1 aromatic heterocycles. The summed E-state index contributed by atoms with van der Waals surface area (Å²) in [5, 5.41) is 19.2. The maximum atomic E-state index is 13.1. The van der Waals surface area contributed by atoms with Crippen molar-refractivity contribution in [2.45, 2.75) is 13.3 Å². The van der Waals surface area contributed by atoms with E-state index >= 15 is 0 Å². The molecule has 0 spiro atoms. The topological polar surface area (TPSA) is 69.6 Å². The van der Waals surface area contributed by atoms with Crippen molar-refractivity contribution in [2.75, 3.05) is 0 Å². The molecule has 0 aliphatic rings. The minimum Gasteiger partial charge on any atom is -0.267 e. The Morgan fingerprint density at radius 1 is 1.19 bits per heavy atom. The predicted octanol–water partition coefficient (Wildman–Crippen LogP) is 3.14. The Kier molecular flexibility index (Phi) is 5.57. The third kappa shape index (κ3) is 3.85. The molecule has 6 heteroatoms. The number of hydrogen-bond acceptors (Lipinski definition) is 4. The molecular formula is C21H14ClN3OS. The average Bonchev–Trinajstić information content (AvgIpc) is 2.99. The van der Waals surface area contributed by atoms with E-state index in [0.717, 1.165) is 28.9 Å². The van der Waals surface area contributed by atoms with Gasteiger partial charge in [-0.1, -0.05) is 42.8 Å². The van der Waals surface area contributed by atoms with Gasteiger partial charge in [0.1, 0.15) is 16.8 Å². The summed E-state index contributed by atoms with van der Waals surface area (Å²) >= 11 is 7.14. The second-order valence-corrected chi connectivity index (χ2v) is 7.20. The van der Waals surface area contributed by atoms with Crippen LogP contribution in [0.2, 0.25) is 5.02 Å². The van der Waals surface area contributed by atoms with E-state index in [1.165, 1.54) is 4.57 Å². The van der Waals surface area contributed by atoms with Gasteiger partial charge in [-0.2, -0.15) is 10.5 Å². The third-order valence-electron chi connectivity index (χ3n) is 3.98. The summed E-state index contributed by atoms with van der Waals surface area (Å²) in [6, 6.07) is 18.5. The van der Waals surface area contributed by atoms with Crippen molar-refractivity contribution in [2.24, 2.45) is 0 Å². The van der Waals surface area contributed by atoms with Crippen molar-refractivity contribution in [3.63, 3.8) is 0 Å². The second-order valence-electron chi connectivity index (χ2n) is 5.73. The molecule has 0 bridgehead atoms. The highest BCUT2D eigenvalue weighted by Gasteiger charge is 2.11. The van der Waals surface area contributed by atoms with Gasteiger partial charge in [0.2, 0.25) is 0 Å². The predicted molar refractivity (Wildman–Crippen MR) is 108 cm³/mol. The molecule has 0 atom stereocenters. The highest BCUT2D eigenvalue weighted by molar-refractivity contribution is 7.07. The molecule has 27 heavy (non-hydrogen) atoms. The molecule has 0 fully saturated rings. The number of rotatable bonds is 3. The normalized spacial score (nSPS) is 11.0. The molecule has 3 aromatic rings. The maximum absolute atomic E-state index is 13.1. The maximum Gasteiger partial charge on any atom is 0.273 e. The fourth-order valence-corrected chi connectivity index (χ4v) is 3.92. The first-order chi connectivity index (χ1) is 13.1. The summed E-state index contributed by atoms with van der Waals surface area (Å²) in [4.78, 5) is 13.1. The number of nitrogens with zero attached hydrogens (tertiary/aromatic N) is 3. The van der Waals surface area contributed by atoms with Crippen LogP contribution in [0.5, 0.6) is 0 Å². The van der Waals surface area contributed by atoms with Gasteiger partial charge in [0.05, 0.1) is 10.2 Å². The zero-order valence-electron chi connectivity index (χ0n) is 14.4. The van der Waals surface area contributed by atoms with Crippen LogP contribution in [0.3, 0.4) is 0 Å². The first-order valence-electron chi connectivity index (χ1n) is 8.20. The van der Waals surface area contributed by atoms with Gasteiger partial charge < -0.3 is 0 Å². The Hall–Kier alpha value is -3.12. The van der Waals surface area contributed by atoms with Crippen LogP contribution >= 0.6 is 22.9 Å². The van der Waals surface area contributed by atoms with Crippen LogP contribution in [-0.2, 0) is 6.42 Å². The Morgan fingerprint density at radius 3 is 2.59 bits per heavy atom. The number of nitriles is 2. The van der Waals surface area contributed by atoms with Gasteiger partial charge in [0, 0.05) is 5.02 Å². The number of hydrogen-bond donors (Lipinski definition) is 0. The lowest BCUT2D eigenvalue weighted by Gasteiger charge is -2.04. The van der Waals surface area contributed by atoms with Gasteiger partial charge in [-0.05, 0) is 47.9 Å². The minimum atomic E-state index is -0.272. The molecule has 3 rings (SSSR count). The minimum absolute atomic E-state index is 0.0928. The standard InChI is InChI=1S/C21H14ClN3OS/c1-2-14-5-4-8-18(10-14)25-20(26)19(27-21(25)16(12-23)13-24)11-15-6-3-7-17(22)9-15/h3-11H,2H2,1H3/b19-11+. The molecule has 0 unspecified atom stereocenters. The van der Waals surface area contributed by atoms with Crippen LogP contribution in [-0.4, -0.2) is 4.57 Å². The molecule has 0 radical (unpaired) electrons. The Labute approximate surface area is 165 Å². The molecular weight excluding hydrogens is 378 g/mol. The Balaban J connectivity index is 2.39. The van der Waals surface area contributed by atoms with E-state index in [0.29, 0.717) is 19.9 Å². The largest absolute Gasteiger partial charge is 0.273 e. The lowest BCUT2D eigenvalue weighted by Crippen LogP contribution is -2.30. The van der Waals surface area contributed by atoms with Gasteiger partial charge >= 0.3 is 0 Å². The lowest BCUT2D eigenvalue weighted by atomic mass is 10.1. The number of thiazole rings is 1. The van der Waals surface area contributed by atoms with E-state index in [4.69, 9.17) is 11.6 Å². The molecule has 132 valence electrons. The summed E-state index contributed by atoms with van der Waals surface area (Å²) in [6.45, 7) is 2.02. The molecule has 0 aliphatic heterocycles. The molecule has 2 aromatic carbocycles. The van der Waals surface area contributed by atoms with Crippen molar-refractivity contribution in [3.05, 3.63) is 84.2 Å². The molecule has 0 amide bonds. The number of halogens is 1. The summed E-state index contributed by atoms with van der Waals surface area (Å²) in [5.74, 6) is 0. The quantitative estimate of drug-likeness (QED) is 0.688. The first-order valence-corrected chi connectivity index (χ1v) is 9.39. The van der Waals surface area contributed by atoms with E-state index in [2.05, 4.69) is 0 Å². The van der Waals surface area contributed by atoms with E-state index in [-0.39, 0.29) is 11.1 Å². The molecule has 4 nitrogen and oxygen atoms in total. The Bertz CT molecular complexity index is 1260. The van der Waals surface area contributed by atoms with Gasteiger partial charge in [-0.15, -0.1) is 11.3 Å². The highest BCUT2D eigenvalue weighted by Crippen LogP contribution is 2.11. The van der Waals surface area contributed by atoms with Gasteiger partial charge in [0.25, 0.3) is 5.56 Å². The van der Waals surface area contributed by atoms with E-state index in [1.807, 2.05) is 43.3 Å². The van der Waals surface area contributed by atoms with E-state index in [1.54, 1.807) is 30.3 Å². The first kappa shape index (κ1) is 18.7. The lowest BCUT2D eigenvalue weighted by molar-refractivity contribution is 0.979. The van der Waals surface area contributed by atoms with Crippen molar-refractivity contribution in [3.8, 4) is 17.8 Å². The Morgan fingerprint density at radius 2 is 1.93 bits per heavy atom. The zero-order chi connectivity index (χ0) is 19.4. The zero-order valence-corrected chi connectivity index (χ0v) is 16.0. The van der Waals surface area contributed by atoms with Crippen molar-refractivity contribution >= 4 is 34.6 Å². The molecule has 0 saturated heterocycles. The van der Waals surface area contributed by atoms with Crippen molar-refractivity contribution in [1.29, 1.82) is 10.5 Å². The summed E-state index contributed by atoms with van der Waals surface area (Å²) in [6.07, 6.45) is 2.53. The van der Waals surface area contributed by atoms with Crippen LogP contribution in [0.15, 0.2) is 53.3 Å². The summed E-state index contributed by atoms with van der Waals surface area (Å²) < 4.78 is 2.19. The van der Waals surface area contributed by atoms with Crippen LogP contribution in [0, 0.1) is 22.7 Å². The van der Waals surface area contributed by atoms with E-state index in [9.17, 15) is 15.3 Å².